The van der Waals surface area contributed by atoms with E-state index in [4.69, 9.17) is 10.2 Å². The molecule has 0 aliphatic carbocycles. The standard InChI is InChI=1S/C6H12FNO2/c1-3-5(7)6(10)4(2-9)8-3/h3-6,8-10H,2H2,1H3/t3-,4+,5+,6+/m0/s1. The van der Waals surface area contributed by atoms with Crippen molar-refractivity contribution in [2.75, 3.05) is 6.61 Å². The zero-order valence-electron chi connectivity index (χ0n) is 5.79. The first-order valence-electron chi connectivity index (χ1n) is 3.36. The molecule has 60 valence electrons. The molecule has 0 aromatic carbocycles. The summed E-state index contributed by atoms with van der Waals surface area (Å²) in [4.78, 5) is 0. The fourth-order valence-electron chi connectivity index (χ4n) is 1.21. The van der Waals surface area contributed by atoms with Gasteiger partial charge in [-0.25, -0.2) is 4.39 Å². The fourth-order valence-corrected chi connectivity index (χ4v) is 1.21. The summed E-state index contributed by atoms with van der Waals surface area (Å²) in [5, 5.41) is 20.3. The third kappa shape index (κ3) is 1.14. The van der Waals surface area contributed by atoms with Crippen LogP contribution in [-0.2, 0) is 0 Å². The number of aliphatic hydroxyl groups is 2. The number of hydrogen-bond donors (Lipinski definition) is 3. The fraction of sp³-hybridized carbons (Fsp3) is 1.00. The zero-order valence-corrected chi connectivity index (χ0v) is 5.79. The van der Waals surface area contributed by atoms with Crippen LogP contribution < -0.4 is 5.32 Å². The normalized spacial score (nSPS) is 48.0. The highest BCUT2D eigenvalue weighted by Crippen LogP contribution is 2.16. The molecule has 0 saturated carbocycles. The van der Waals surface area contributed by atoms with Gasteiger partial charge in [-0.3, -0.25) is 0 Å². The van der Waals surface area contributed by atoms with Gasteiger partial charge in [-0.15, -0.1) is 0 Å². The van der Waals surface area contributed by atoms with E-state index in [-0.39, 0.29) is 12.6 Å². The minimum absolute atomic E-state index is 0.216. The summed E-state index contributed by atoms with van der Waals surface area (Å²) in [6.07, 6.45) is -2.31. The van der Waals surface area contributed by atoms with Gasteiger partial charge in [0.15, 0.2) is 0 Å². The van der Waals surface area contributed by atoms with Crippen LogP contribution in [0.2, 0.25) is 0 Å². The van der Waals surface area contributed by atoms with Crippen molar-refractivity contribution in [3.8, 4) is 0 Å². The maximum Gasteiger partial charge on any atom is 0.142 e. The summed E-state index contributed by atoms with van der Waals surface area (Å²) in [5.74, 6) is 0. The minimum Gasteiger partial charge on any atom is -0.395 e. The van der Waals surface area contributed by atoms with E-state index in [2.05, 4.69) is 5.32 Å². The van der Waals surface area contributed by atoms with Crippen LogP contribution in [-0.4, -0.2) is 41.2 Å². The van der Waals surface area contributed by atoms with Gasteiger partial charge in [0, 0.05) is 6.04 Å². The van der Waals surface area contributed by atoms with Crippen LogP contribution in [0.3, 0.4) is 0 Å². The minimum atomic E-state index is -1.25. The molecular formula is C6H12FNO2. The SMILES string of the molecule is C[C@@H]1N[C@H](CO)[C@@H](O)[C@@H]1F. The monoisotopic (exact) mass is 149 g/mol. The first kappa shape index (κ1) is 7.91. The molecule has 3 N–H and O–H groups in total. The molecule has 0 radical (unpaired) electrons. The molecule has 4 heteroatoms. The Morgan fingerprint density at radius 2 is 2.20 bits per heavy atom. The predicted octanol–water partition coefficient (Wildman–Crippen LogP) is -0.962. The van der Waals surface area contributed by atoms with Crippen molar-refractivity contribution in [3.63, 3.8) is 0 Å². The average molecular weight is 149 g/mol. The highest BCUT2D eigenvalue weighted by Gasteiger charge is 2.39. The second kappa shape index (κ2) is 2.82. The van der Waals surface area contributed by atoms with Crippen LogP contribution in [0.5, 0.6) is 0 Å². The van der Waals surface area contributed by atoms with Crippen LogP contribution in [0, 0.1) is 0 Å². The van der Waals surface area contributed by atoms with Crippen molar-refractivity contribution in [3.05, 3.63) is 0 Å². The molecule has 1 fully saturated rings. The first-order valence-corrected chi connectivity index (χ1v) is 3.36. The average Bonchev–Trinajstić information content (AvgIpc) is 2.17. The maximum atomic E-state index is 12.7. The molecule has 0 aromatic heterocycles. The highest BCUT2D eigenvalue weighted by molar-refractivity contribution is 4.95. The molecule has 1 saturated heterocycles. The number of alkyl halides is 1. The quantitative estimate of drug-likeness (QED) is 0.450. The van der Waals surface area contributed by atoms with Gasteiger partial charge in [-0.05, 0) is 6.92 Å². The largest absolute Gasteiger partial charge is 0.395 e. The lowest BCUT2D eigenvalue weighted by atomic mass is 10.1. The molecule has 1 aliphatic rings. The van der Waals surface area contributed by atoms with E-state index in [1.165, 1.54) is 0 Å². The molecule has 0 bridgehead atoms. The summed E-state index contributed by atoms with van der Waals surface area (Å²) < 4.78 is 12.7. The second-order valence-corrected chi connectivity index (χ2v) is 2.68. The smallest absolute Gasteiger partial charge is 0.142 e. The molecule has 0 amide bonds. The van der Waals surface area contributed by atoms with Crippen LogP contribution in [0.15, 0.2) is 0 Å². The lowest BCUT2D eigenvalue weighted by Crippen LogP contribution is -2.35. The summed E-state index contributed by atoms with van der Waals surface area (Å²) in [5.41, 5.74) is 0. The number of hydrogen-bond acceptors (Lipinski definition) is 3. The van der Waals surface area contributed by atoms with Gasteiger partial charge in [0.2, 0.25) is 0 Å². The lowest BCUT2D eigenvalue weighted by molar-refractivity contribution is 0.0685. The van der Waals surface area contributed by atoms with E-state index < -0.39 is 18.3 Å². The van der Waals surface area contributed by atoms with E-state index in [0.717, 1.165) is 0 Å². The summed E-state index contributed by atoms with van der Waals surface area (Å²) >= 11 is 0. The molecular weight excluding hydrogens is 137 g/mol. The Hall–Kier alpha value is -0.190. The molecule has 0 unspecified atom stereocenters. The van der Waals surface area contributed by atoms with Gasteiger partial charge in [0.25, 0.3) is 0 Å². The first-order chi connectivity index (χ1) is 4.66. The third-order valence-electron chi connectivity index (χ3n) is 1.89. The number of aliphatic hydroxyl groups excluding tert-OH is 2. The number of rotatable bonds is 1. The number of halogens is 1. The molecule has 0 aromatic rings. The molecule has 4 atom stereocenters. The Bertz CT molecular complexity index is 122. The van der Waals surface area contributed by atoms with E-state index >= 15 is 0 Å². The third-order valence-corrected chi connectivity index (χ3v) is 1.89. The Labute approximate surface area is 58.9 Å². The molecule has 1 heterocycles. The van der Waals surface area contributed by atoms with Crippen LogP contribution in [0.25, 0.3) is 0 Å². The van der Waals surface area contributed by atoms with E-state index in [1.54, 1.807) is 6.92 Å². The van der Waals surface area contributed by atoms with E-state index in [1.807, 2.05) is 0 Å². The van der Waals surface area contributed by atoms with Crippen LogP contribution in [0.4, 0.5) is 4.39 Å². The van der Waals surface area contributed by atoms with Crippen molar-refractivity contribution in [2.45, 2.75) is 31.3 Å². The van der Waals surface area contributed by atoms with Gasteiger partial charge < -0.3 is 15.5 Å². The number of nitrogens with one attached hydrogen (secondary N) is 1. The van der Waals surface area contributed by atoms with Crippen molar-refractivity contribution >= 4 is 0 Å². The Balaban J connectivity index is 2.53. The predicted molar refractivity (Wildman–Crippen MR) is 34.4 cm³/mol. The maximum absolute atomic E-state index is 12.7. The highest BCUT2D eigenvalue weighted by atomic mass is 19.1. The van der Waals surface area contributed by atoms with Gasteiger partial charge in [0.05, 0.1) is 12.6 Å². The van der Waals surface area contributed by atoms with E-state index in [9.17, 15) is 4.39 Å². The van der Waals surface area contributed by atoms with Crippen molar-refractivity contribution < 1.29 is 14.6 Å². The van der Waals surface area contributed by atoms with Gasteiger partial charge in [-0.1, -0.05) is 0 Å². The lowest BCUT2D eigenvalue weighted by Gasteiger charge is -2.10. The van der Waals surface area contributed by atoms with Gasteiger partial charge in [-0.2, -0.15) is 0 Å². The molecule has 10 heavy (non-hydrogen) atoms. The Kier molecular flexibility index (Phi) is 2.23. The molecule has 3 nitrogen and oxygen atoms in total. The topological polar surface area (TPSA) is 52.5 Å². The zero-order chi connectivity index (χ0) is 7.72. The second-order valence-electron chi connectivity index (χ2n) is 2.68. The van der Waals surface area contributed by atoms with Crippen molar-refractivity contribution in [2.24, 2.45) is 0 Å². The van der Waals surface area contributed by atoms with Crippen molar-refractivity contribution in [1.82, 2.24) is 5.32 Å². The summed E-state index contributed by atoms with van der Waals surface area (Å²) in [6.45, 7) is 1.43. The molecule has 0 spiro atoms. The summed E-state index contributed by atoms with van der Waals surface area (Å²) in [7, 11) is 0. The Morgan fingerprint density at radius 3 is 2.40 bits per heavy atom. The van der Waals surface area contributed by atoms with Crippen molar-refractivity contribution in [1.29, 1.82) is 0 Å². The van der Waals surface area contributed by atoms with E-state index in [0.29, 0.717) is 0 Å². The molecule has 1 rings (SSSR count). The Morgan fingerprint density at radius 1 is 1.60 bits per heavy atom. The van der Waals surface area contributed by atoms with Gasteiger partial charge in [0.1, 0.15) is 12.3 Å². The van der Waals surface area contributed by atoms with Crippen LogP contribution in [0.1, 0.15) is 6.92 Å². The van der Waals surface area contributed by atoms with Gasteiger partial charge >= 0.3 is 0 Å². The summed E-state index contributed by atoms with van der Waals surface area (Å²) in [6, 6.07) is -0.850. The molecule has 1 aliphatic heterocycles. The van der Waals surface area contributed by atoms with Crippen LogP contribution >= 0.6 is 0 Å².